The molecule has 37 heavy (non-hydrogen) atoms. The molecule has 5 rings (SSSR count). The van der Waals surface area contributed by atoms with Crippen LogP contribution in [0.15, 0.2) is 33.9 Å². The Hall–Kier alpha value is -3.57. The van der Waals surface area contributed by atoms with Crippen molar-refractivity contribution in [2.24, 2.45) is 14.1 Å². The monoisotopic (exact) mass is 519 g/mol. The molecule has 0 bridgehead atoms. The number of hydrogen-bond donors (Lipinski definition) is 0. The topological polar surface area (TPSA) is 91.4 Å². The van der Waals surface area contributed by atoms with E-state index >= 15 is 0 Å². The number of likely N-dealkylation sites (tertiary alicyclic amines) is 1. The number of alkyl halides is 3. The third-order valence-corrected chi connectivity index (χ3v) is 7.44. The minimum Gasteiger partial charge on any atom is -0.471 e. The van der Waals surface area contributed by atoms with Gasteiger partial charge < -0.3 is 14.2 Å². The molecule has 1 saturated heterocycles. The third-order valence-electron chi connectivity index (χ3n) is 7.44. The molecule has 1 amide bonds. The molecule has 0 saturated carbocycles. The van der Waals surface area contributed by atoms with Gasteiger partial charge in [0.15, 0.2) is 0 Å². The summed E-state index contributed by atoms with van der Waals surface area (Å²) in [6, 6.07) is 6.43. The molecule has 3 aromatic rings. The molecule has 1 spiro atoms. The van der Waals surface area contributed by atoms with E-state index in [9.17, 15) is 27.6 Å². The lowest BCUT2D eigenvalue weighted by atomic mass is 9.90. The molecular formula is C25H28F3N5O4. The third kappa shape index (κ3) is 4.42. The number of aryl methyl sites for hydroxylation is 1. The Bertz CT molecular complexity index is 1490. The average Bonchev–Trinajstić information content (AvgIpc) is 3.35. The number of carbonyl (C=O) groups is 1. The summed E-state index contributed by atoms with van der Waals surface area (Å²) in [6.45, 7) is 0.927. The molecule has 12 heteroatoms. The smallest absolute Gasteiger partial charge is 0.449 e. The van der Waals surface area contributed by atoms with Crippen LogP contribution in [0.5, 0.6) is 5.88 Å². The first-order valence-corrected chi connectivity index (χ1v) is 12.3. The highest BCUT2D eigenvalue weighted by Gasteiger charge is 2.44. The van der Waals surface area contributed by atoms with Gasteiger partial charge in [-0.25, -0.2) is 9.78 Å². The lowest BCUT2D eigenvalue weighted by Gasteiger charge is -2.27. The second-order valence-corrected chi connectivity index (χ2v) is 9.86. The van der Waals surface area contributed by atoms with Crippen LogP contribution in [-0.4, -0.2) is 48.2 Å². The number of carbonyl (C=O) groups excluding carboxylic acids is 1. The van der Waals surface area contributed by atoms with Crippen LogP contribution >= 0.6 is 0 Å². The summed E-state index contributed by atoms with van der Waals surface area (Å²) in [4.78, 5) is 43.4. The van der Waals surface area contributed by atoms with Crippen molar-refractivity contribution in [2.75, 3.05) is 13.1 Å². The van der Waals surface area contributed by atoms with Crippen LogP contribution in [0.4, 0.5) is 13.2 Å². The standard InChI is InChI=1S/C25H28F3N5O4/c1-30-20(35)16-15-24(37-21(16)31(2)23(30)36)10-6-12-32(14-11-24)19(34)9-5-13-33-18-8-4-3-7-17(18)29-22(33)25(26,27)28/h3-4,7-8H,5-6,9-15H2,1-2H3/t24-/m1/s1. The van der Waals surface area contributed by atoms with Crippen LogP contribution < -0.4 is 16.0 Å². The summed E-state index contributed by atoms with van der Waals surface area (Å²) in [5, 5.41) is 0. The number of nitrogens with zero attached hydrogens (tertiary/aromatic N) is 5. The summed E-state index contributed by atoms with van der Waals surface area (Å²) >= 11 is 0. The van der Waals surface area contributed by atoms with Gasteiger partial charge in [0.2, 0.25) is 17.6 Å². The molecule has 1 atom stereocenters. The fourth-order valence-electron chi connectivity index (χ4n) is 5.50. The fourth-order valence-corrected chi connectivity index (χ4v) is 5.50. The van der Waals surface area contributed by atoms with Crippen molar-refractivity contribution in [1.82, 2.24) is 23.6 Å². The summed E-state index contributed by atoms with van der Waals surface area (Å²) in [7, 11) is 3.01. The van der Waals surface area contributed by atoms with Gasteiger partial charge in [-0.3, -0.25) is 18.7 Å². The normalized spacial score (nSPS) is 19.8. The second kappa shape index (κ2) is 9.07. The number of para-hydroxylation sites is 2. The Labute approximate surface area is 210 Å². The Morgan fingerprint density at radius 3 is 2.62 bits per heavy atom. The van der Waals surface area contributed by atoms with Gasteiger partial charge in [-0.1, -0.05) is 12.1 Å². The van der Waals surface area contributed by atoms with Gasteiger partial charge >= 0.3 is 11.9 Å². The van der Waals surface area contributed by atoms with Crippen LogP contribution in [0, 0.1) is 0 Å². The predicted molar refractivity (Wildman–Crippen MR) is 128 cm³/mol. The lowest BCUT2D eigenvalue weighted by Crippen LogP contribution is -2.38. The van der Waals surface area contributed by atoms with Crippen molar-refractivity contribution in [3.05, 3.63) is 56.5 Å². The molecule has 9 nitrogen and oxygen atoms in total. The van der Waals surface area contributed by atoms with E-state index in [4.69, 9.17) is 4.74 Å². The quantitative estimate of drug-likeness (QED) is 0.529. The molecule has 198 valence electrons. The van der Waals surface area contributed by atoms with Crippen molar-refractivity contribution in [1.29, 1.82) is 0 Å². The highest BCUT2D eigenvalue weighted by molar-refractivity contribution is 5.77. The van der Waals surface area contributed by atoms with E-state index < -0.39 is 23.3 Å². The summed E-state index contributed by atoms with van der Waals surface area (Å²) in [5.41, 5.74) is -0.353. The van der Waals surface area contributed by atoms with E-state index in [-0.39, 0.29) is 36.4 Å². The highest BCUT2D eigenvalue weighted by atomic mass is 19.4. The summed E-state index contributed by atoms with van der Waals surface area (Å²) in [5.74, 6) is -0.800. The van der Waals surface area contributed by atoms with Gasteiger partial charge in [-0.05, 0) is 31.4 Å². The van der Waals surface area contributed by atoms with Crippen LogP contribution in [-0.2, 0) is 38.0 Å². The molecule has 1 aromatic carbocycles. The van der Waals surface area contributed by atoms with Crippen molar-refractivity contribution < 1.29 is 22.7 Å². The largest absolute Gasteiger partial charge is 0.471 e. The SMILES string of the molecule is Cn1c2c(c(=O)n(C)c1=O)C[C@]1(CCCN(C(=O)CCCn3c(C(F)(F)F)nc4ccccc43)CC1)O2. The number of benzene rings is 1. The van der Waals surface area contributed by atoms with Crippen molar-refractivity contribution in [2.45, 2.75) is 56.8 Å². The number of imidazole rings is 1. The molecule has 2 aliphatic heterocycles. The first kappa shape index (κ1) is 25.1. The van der Waals surface area contributed by atoms with Crippen LogP contribution in [0.2, 0.25) is 0 Å². The van der Waals surface area contributed by atoms with E-state index in [2.05, 4.69) is 4.98 Å². The number of aromatic nitrogens is 4. The molecular weight excluding hydrogens is 491 g/mol. The Kier molecular flexibility index (Phi) is 6.15. The van der Waals surface area contributed by atoms with E-state index in [0.29, 0.717) is 55.7 Å². The Morgan fingerprint density at radius 1 is 1.11 bits per heavy atom. The number of halogens is 3. The van der Waals surface area contributed by atoms with Crippen LogP contribution in [0.3, 0.4) is 0 Å². The minimum atomic E-state index is -4.59. The summed E-state index contributed by atoms with van der Waals surface area (Å²) < 4.78 is 50.4. The molecule has 2 aromatic heterocycles. The lowest BCUT2D eigenvalue weighted by molar-refractivity contribution is -0.146. The van der Waals surface area contributed by atoms with E-state index in [0.717, 1.165) is 9.13 Å². The molecule has 0 N–H and O–H groups in total. The van der Waals surface area contributed by atoms with Crippen LogP contribution in [0.25, 0.3) is 11.0 Å². The van der Waals surface area contributed by atoms with Crippen molar-refractivity contribution in [3.8, 4) is 5.88 Å². The molecule has 4 heterocycles. The van der Waals surface area contributed by atoms with Crippen LogP contribution in [0.1, 0.15) is 43.5 Å². The minimum absolute atomic E-state index is 0.0224. The van der Waals surface area contributed by atoms with Gasteiger partial charge in [0.25, 0.3) is 5.56 Å². The molecule has 0 unspecified atom stereocenters. The Morgan fingerprint density at radius 2 is 1.86 bits per heavy atom. The van der Waals surface area contributed by atoms with E-state index in [1.54, 1.807) is 30.1 Å². The van der Waals surface area contributed by atoms with Crippen molar-refractivity contribution >= 4 is 16.9 Å². The fraction of sp³-hybridized carbons (Fsp3) is 0.520. The second-order valence-electron chi connectivity index (χ2n) is 9.86. The number of ether oxygens (including phenoxy) is 1. The number of amides is 1. The van der Waals surface area contributed by atoms with Gasteiger partial charge in [0.1, 0.15) is 5.60 Å². The average molecular weight is 520 g/mol. The predicted octanol–water partition coefficient (Wildman–Crippen LogP) is 2.62. The van der Waals surface area contributed by atoms with Gasteiger partial charge in [-0.15, -0.1) is 0 Å². The molecule has 0 aliphatic carbocycles. The number of rotatable bonds is 4. The molecule has 2 aliphatic rings. The number of fused-ring (bicyclic) bond motifs is 2. The first-order valence-electron chi connectivity index (χ1n) is 12.3. The summed E-state index contributed by atoms with van der Waals surface area (Å²) in [6.07, 6.45) is -2.10. The zero-order valence-electron chi connectivity index (χ0n) is 20.7. The maximum absolute atomic E-state index is 13.5. The molecule has 1 fully saturated rings. The Balaban J connectivity index is 1.24. The van der Waals surface area contributed by atoms with Crippen molar-refractivity contribution in [3.63, 3.8) is 0 Å². The maximum atomic E-state index is 13.5. The van der Waals surface area contributed by atoms with Gasteiger partial charge in [0.05, 0.1) is 16.6 Å². The zero-order chi connectivity index (χ0) is 26.5. The zero-order valence-corrected chi connectivity index (χ0v) is 20.7. The highest BCUT2D eigenvalue weighted by Crippen LogP contribution is 2.39. The first-order chi connectivity index (χ1) is 17.5. The van der Waals surface area contributed by atoms with E-state index in [1.165, 1.54) is 17.7 Å². The van der Waals surface area contributed by atoms with E-state index in [1.807, 2.05) is 0 Å². The van der Waals surface area contributed by atoms with Gasteiger partial charge in [-0.2, -0.15) is 13.2 Å². The van der Waals surface area contributed by atoms with Gasteiger partial charge in [0, 0.05) is 53.0 Å². The maximum Gasteiger partial charge on any atom is 0.449 e. The number of hydrogen-bond acceptors (Lipinski definition) is 5. The molecule has 0 radical (unpaired) electrons.